The summed E-state index contributed by atoms with van der Waals surface area (Å²) in [7, 11) is 0. The topological polar surface area (TPSA) is 73.8 Å². The van der Waals surface area contributed by atoms with Crippen molar-refractivity contribution in [1.29, 1.82) is 0 Å². The van der Waals surface area contributed by atoms with Crippen molar-refractivity contribution in [2.45, 2.75) is 39.0 Å². The van der Waals surface area contributed by atoms with Crippen LogP contribution < -0.4 is 0 Å². The SMILES string of the molecule is Cc1cc(C)n2nc(Cc3nc(C4CC4)nn3-c3ccccc3)nc2n1. The minimum atomic E-state index is 0.499. The van der Waals surface area contributed by atoms with E-state index >= 15 is 0 Å². The molecule has 3 heterocycles. The fourth-order valence-corrected chi connectivity index (χ4v) is 3.19. The summed E-state index contributed by atoms with van der Waals surface area (Å²) in [6.45, 7) is 3.98. The van der Waals surface area contributed by atoms with Crippen LogP contribution in [0.25, 0.3) is 11.5 Å². The second-order valence-electron chi connectivity index (χ2n) is 6.86. The zero-order valence-corrected chi connectivity index (χ0v) is 14.8. The molecule has 0 atom stereocenters. The normalized spacial score (nSPS) is 14.2. The monoisotopic (exact) mass is 345 g/mol. The number of aryl methyl sites for hydroxylation is 2. The van der Waals surface area contributed by atoms with Crippen molar-refractivity contribution in [1.82, 2.24) is 34.3 Å². The van der Waals surface area contributed by atoms with Gasteiger partial charge in [0.05, 0.1) is 12.1 Å². The van der Waals surface area contributed by atoms with Gasteiger partial charge in [-0.15, -0.1) is 5.10 Å². The predicted molar refractivity (Wildman–Crippen MR) is 96.4 cm³/mol. The van der Waals surface area contributed by atoms with E-state index in [0.717, 1.165) is 28.7 Å². The molecule has 130 valence electrons. The zero-order chi connectivity index (χ0) is 17.7. The number of rotatable bonds is 4. The van der Waals surface area contributed by atoms with Gasteiger partial charge in [0.15, 0.2) is 11.6 Å². The summed E-state index contributed by atoms with van der Waals surface area (Å²) < 4.78 is 3.71. The van der Waals surface area contributed by atoms with Crippen molar-refractivity contribution in [2.24, 2.45) is 0 Å². The Bertz CT molecular complexity index is 1090. The second-order valence-corrected chi connectivity index (χ2v) is 6.86. The van der Waals surface area contributed by atoms with E-state index in [1.54, 1.807) is 4.52 Å². The van der Waals surface area contributed by atoms with Crippen LogP contribution in [0.1, 0.15) is 47.6 Å². The number of hydrogen-bond acceptors (Lipinski definition) is 5. The van der Waals surface area contributed by atoms with Crippen LogP contribution in [0.4, 0.5) is 0 Å². The van der Waals surface area contributed by atoms with Crippen molar-refractivity contribution >= 4 is 5.78 Å². The smallest absolute Gasteiger partial charge is 0.217 e. The van der Waals surface area contributed by atoms with E-state index in [1.165, 1.54) is 12.8 Å². The second kappa shape index (κ2) is 5.72. The van der Waals surface area contributed by atoms with Crippen LogP contribution in [0, 0.1) is 13.8 Å². The highest BCUT2D eigenvalue weighted by atomic mass is 15.4. The first-order valence-corrected chi connectivity index (χ1v) is 8.88. The van der Waals surface area contributed by atoms with E-state index in [1.807, 2.05) is 54.9 Å². The minimum Gasteiger partial charge on any atom is -0.217 e. The van der Waals surface area contributed by atoms with Gasteiger partial charge in [-0.1, -0.05) is 18.2 Å². The summed E-state index contributed by atoms with van der Waals surface area (Å²) in [6, 6.07) is 12.1. The number of fused-ring (bicyclic) bond motifs is 1. The Balaban J connectivity index is 1.57. The molecule has 0 spiro atoms. The fourth-order valence-electron chi connectivity index (χ4n) is 3.19. The third-order valence-electron chi connectivity index (χ3n) is 4.61. The summed E-state index contributed by atoms with van der Waals surface area (Å²) in [5.74, 6) is 3.63. The van der Waals surface area contributed by atoms with E-state index in [-0.39, 0.29) is 0 Å². The molecule has 0 aliphatic heterocycles. The lowest BCUT2D eigenvalue weighted by atomic mass is 10.3. The summed E-state index contributed by atoms with van der Waals surface area (Å²) in [6.07, 6.45) is 2.87. The lowest BCUT2D eigenvalue weighted by molar-refractivity contribution is 0.776. The van der Waals surface area contributed by atoms with Crippen LogP contribution >= 0.6 is 0 Å². The number of benzene rings is 1. The first-order valence-electron chi connectivity index (χ1n) is 8.88. The van der Waals surface area contributed by atoms with E-state index < -0.39 is 0 Å². The summed E-state index contributed by atoms with van der Waals surface area (Å²) in [5, 5.41) is 9.37. The number of hydrogen-bond donors (Lipinski definition) is 0. The van der Waals surface area contributed by atoms with Crippen molar-refractivity contribution in [2.75, 3.05) is 0 Å². The molecule has 0 radical (unpaired) electrons. The molecule has 0 N–H and O–H groups in total. The third-order valence-corrected chi connectivity index (χ3v) is 4.61. The van der Waals surface area contributed by atoms with Gasteiger partial charge in [0.2, 0.25) is 0 Å². The Morgan fingerprint density at radius 2 is 1.81 bits per heavy atom. The Labute approximate surface area is 150 Å². The average molecular weight is 345 g/mol. The van der Waals surface area contributed by atoms with E-state index in [0.29, 0.717) is 23.9 Å². The quantitative estimate of drug-likeness (QED) is 0.568. The standard InChI is InChI=1S/C19H19N7/c1-12-10-13(2)25-19(20-12)21-16(23-25)11-17-22-18(14-8-9-14)24-26(17)15-6-4-3-5-7-15/h3-7,10,14H,8-9,11H2,1-2H3. The highest BCUT2D eigenvalue weighted by Crippen LogP contribution is 2.38. The molecule has 26 heavy (non-hydrogen) atoms. The Kier molecular flexibility index (Phi) is 3.34. The highest BCUT2D eigenvalue weighted by Gasteiger charge is 2.29. The van der Waals surface area contributed by atoms with Crippen molar-refractivity contribution < 1.29 is 0 Å². The highest BCUT2D eigenvalue weighted by molar-refractivity contribution is 5.34. The molecule has 7 nitrogen and oxygen atoms in total. The molecule has 7 heteroatoms. The maximum absolute atomic E-state index is 4.80. The molecule has 3 aromatic heterocycles. The van der Waals surface area contributed by atoms with Crippen molar-refractivity contribution in [3.63, 3.8) is 0 Å². The molecule has 1 aromatic carbocycles. The van der Waals surface area contributed by atoms with E-state index in [9.17, 15) is 0 Å². The molecule has 0 saturated heterocycles. The first-order chi connectivity index (χ1) is 12.7. The van der Waals surface area contributed by atoms with Gasteiger partial charge in [0, 0.05) is 17.3 Å². The fraction of sp³-hybridized carbons (Fsp3) is 0.316. The molecular weight excluding hydrogens is 326 g/mol. The molecule has 0 bridgehead atoms. The lowest BCUT2D eigenvalue weighted by Gasteiger charge is -2.03. The maximum Gasteiger partial charge on any atom is 0.252 e. The summed E-state index contributed by atoms with van der Waals surface area (Å²) in [5.41, 5.74) is 2.97. The molecule has 1 aliphatic rings. The zero-order valence-electron chi connectivity index (χ0n) is 14.8. The maximum atomic E-state index is 4.80. The number of para-hydroxylation sites is 1. The summed E-state index contributed by atoms with van der Waals surface area (Å²) >= 11 is 0. The minimum absolute atomic E-state index is 0.499. The molecule has 0 amide bonds. The van der Waals surface area contributed by atoms with Crippen LogP contribution in [0.2, 0.25) is 0 Å². The molecular formula is C19H19N7. The van der Waals surface area contributed by atoms with Crippen LogP contribution in [-0.4, -0.2) is 34.3 Å². The van der Waals surface area contributed by atoms with Gasteiger partial charge in [-0.3, -0.25) is 0 Å². The van der Waals surface area contributed by atoms with Crippen LogP contribution in [-0.2, 0) is 6.42 Å². The molecule has 1 aliphatic carbocycles. The van der Waals surface area contributed by atoms with E-state index in [2.05, 4.69) is 15.1 Å². The number of nitrogens with zero attached hydrogens (tertiary/aromatic N) is 7. The molecule has 5 rings (SSSR count). The summed E-state index contributed by atoms with van der Waals surface area (Å²) in [4.78, 5) is 13.9. The van der Waals surface area contributed by atoms with Gasteiger partial charge in [-0.05, 0) is 44.9 Å². The van der Waals surface area contributed by atoms with Gasteiger partial charge in [-0.25, -0.2) is 19.2 Å². The number of aromatic nitrogens is 7. The van der Waals surface area contributed by atoms with Gasteiger partial charge < -0.3 is 0 Å². The van der Waals surface area contributed by atoms with Crippen LogP contribution in [0.5, 0.6) is 0 Å². The van der Waals surface area contributed by atoms with Gasteiger partial charge >= 0.3 is 0 Å². The van der Waals surface area contributed by atoms with Gasteiger partial charge in [0.25, 0.3) is 5.78 Å². The van der Waals surface area contributed by atoms with Crippen LogP contribution in [0.3, 0.4) is 0 Å². The molecule has 4 aromatic rings. The first kappa shape index (κ1) is 15.2. The van der Waals surface area contributed by atoms with Crippen molar-refractivity contribution in [3.05, 3.63) is 65.3 Å². The van der Waals surface area contributed by atoms with Gasteiger partial charge in [-0.2, -0.15) is 10.1 Å². The Morgan fingerprint density at radius 1 is 1.00 bits per heavy atom. The Morgan fingerprint density at radius 3 is 2.58 bits per heavy atom. The Hall–Kier alpha value is -3.09. The molecule has 1 fully saturated rings. The van der Waals surface area contributed by atoms with Crippen LogP contribution in [0.15, 0.2) is 36.4 Å². The van der Waals surface area contributed by atoms with Gasteiger partial charge in [0.1, 0.15) is 5.82 Å². The third kappa shape index (κ3) is 2.65. The van der Waals surface area contributed by atoms with Crippen molar-refractivity contribution in [3.8, 4) is 5.69 Å². The predicted octanol–water partition coefficient (Wildman–Crippen LogP) is 2.79. The van der Waals surface area contributed by atoms with E-state index in [4.69, 9.17) is 10.1 Å². The lowest BCUT2D eigenvalue weighted by Crippen LogP contribution is -2.05. The molecule has 0 unspecified atom stereocenters. The molecule has 1 saturated carbocycles. The largest absolute Gasteiger partial charge is 0.252 e. The average Bonchev–Trinajstić information content (AvgIpc) is 3.27.